The highest BCUT2D eigenvalue weighted by Gasteiger charge is 2.26. The van der Waals surface area contributed by atoms with Crippen LogP contribution >= 0.6 is 11.6 Å². The summed E-state index contributed by atoms with van der Waals surface area (Å²) in [5, 5.41) is 20.1. The molecule has 106 valence electrons. The molecule has 7 heteroatoms. The van der Waals surface area contributed by atoms with Gasteiger partial charge in [0.15, 0.2) is 0 Å². The highest BCUT2D eigenvalue weighted by Crippen LogP contribution is 2.26. The second-order valence-corrected chi connectivity index (χ2v) is 5.17. The fraction of sp³-hybridized carbons (Fsp3) is 0.308. The van der Waals surface area contributed by atoms with E-state index in [-0.39, 0.29) is 6.54 Å². The average molecular weight is 296 g/mol. The van der Waals surface area contributed by atoms with Crippen molar-refractivity contribution >= 4 is 17.6 Å². The van der Waals surface area contributed by atoms with Crippen LogP contribution in [0.1, 0.15) is 19.7 Å². The van der Waals surface area contributed by atoms with E-state index in [1.807, 2.05) is 6.07 Å². The SMILES string of the molecule is CC(C)(NCc1nnc(-c2ccccc2Cl)o1)C(=O)O. The quantitative estimate of drug-likeness (QED) is 0.880. The molecule has 1 heterocycles. The zero-order valence-electron chi connectivity index (χ0n) is 11.1. The van der Waals surface area contributed by atoms with Gasteiger partial charge in [0.25, 0.3) is 0 Å². The lowest BCUT2D eigenvalue weighted by Gasteiger charge is -2.19. The molecule has 0 atom stereocenters. The second-order valence-electron chi connectivity index (χ2n) is 4.76. The maximum absolute atomic E-state index is 11.0. The van der Waals surface area contributed by atoms with Gasteiger partial charge in [0.1, 0.15) is 5.54 Å². The number of carboxylic acids is 1. The maximum Gasteiger partial charge on any atom is 0.323 e. The van der Waals surface area contributed by atoms with Crippen LogP contribution in [-0.4, -0.2) is 26.8 Å². The Bertz CT molecular complexity index is 625. The van der Waals surface area contributed by atoms with Crippen LogP contribution in [0.4, 0.5) is 0 Å². The number of hydrogen-bond donors (Lipinski definition) is 2. The number of carboxylic acid groups (broad SMARTS) is 1. The largest absolute Gasteiger partial charge is 0.480 e. The molecule has 0 saturated heterocycles. The molecule has 0 aliphatic heterocycles. The fourth-order valence-corrected chi connectivity index (χ4v) is 1.66. The van der Waals surface area contributed by atoms with Gasteiger partial charge < -0.3 is 9.52 Å². The predicted molar refractivity (Wildman–Crippen MR) is 73.3 cm³/mol. The molecule has 0 radical (unpaired) electrons. The van der Waals surface area contributed by atoms with E-state index in [9.17, 15) is 4.79 Å². The Morgan fingerprint density at radius 3 is 2.75 bits per heavy atom. The van der Waals surface area contributed by atoms with Crippen LogP contribution in [0.25, 0.3) is 11.5 Å². The molecule has 2 rings (SSSR count). The molecule has 0 unspecified atom stereocenters. The van der Waals surface area contributed by atoms with Gasteiger partial charge in [0.2, 0.25) is 11.8 Å². The monoisotopic (exact) mass is 295 g/mol. The Morgan fingerprint density at radius 2 is 2.10 bits per heavy atom. The summed E-state index contributed by atoms with van der Waals surface area (Å²) in [5.41, 5.74) is -0.427. The summed E-state index contributed by atoms with van der Waals surface area (Å²) in [6, 6.07) is 7.12. The minimum absolute atomic E-state index is 0.163. The number of aliphatic carboxylic acids is 1. The van der Waals surface area contributed by atoms with Gasteiger partial charge in [0.05, 0.1) is 17.1 Å². The van der Waals surface area contributed by atoms with Crippen LogP contribution < -0.4 is 5.32 Å². The summed E-state index contributed by atoms with van der Waals surface area (Å²) < 4.78 is 5.46. The normalized spacial score (nSPS) is 11.6. The topological polar surface area (TPSA) is 88.3 Å². The van der Waals surface area contributed by atoms with E-state index < -0.39 is 11.5 Å². The number of rotatable bonds is 5. The van der Waals surface area contributed by atoms with E-state index in [1.54, 1.807) is 32.0 Å². The van der Waals surface area contributed by atoms with Crippen molar-refractivity contribution in [1.29, 1.82) is 0 Å². The average Bonchev–Trinajstić information content (AvgIpc) is 2.85. The van der Waals surface area contributed by atoms with Crippen LogP contribution in [0, 0.1) is 0 Å². The van der Waals surface area contributed by atoms with Gasteiger partial charge in [0, 0.05) is 0 Å². The molecule has 0 amide bonds. The Hall–Kier alpha value is -1.92. The Morgan fingerprint density at radius 1 is 1.40 bits per heavy atom. The van der Waals surface area contributed by atoms with E-state index in [0.717, 1.165) is 0 Å². The van der Waals surface area contributed by atoms with Gasteiger partial charge in [-0.25, -0.2) is 0 Å². The van der Waals surface area contributed by atoms with E-state index in [1.165, 1.54) is 0 Å². The fourth-order valence-electron chi connectivity index (χ4n) is 1.44. The van der Waals surface area contributed by atoms with Gasteiger partial charge in [-0.1, -0.05) is 23.7 Å². The first-order valence-corrected chi connectivity index (χ1v) is 6.33. The lowest BCUT2D eigenvalue weighted by atomic mass is 10.1. The summed E-state index contributed by atoms with van der Waals surface area (Å²) in [5.74, 6) is -0.349. The van der Waals surface area contributed by atoms with Gasteiger partial charge in [-0.2, -0.15) is 0 Å². The van der Waals surface area contributed by atoms with Gasteiger partial charge in [-0.15, -0.1) is 10.2 Å². The van der Waals surface area contributed by atoms with Crippen LogP contribution in [0.3, 0.4) is 0 Å². The third-order valence-electron chi connectivity index (χ3n) is 2.79. The number of benzene rings is 1. The predicted octanol–water partition coefficient (Wildman–Crippen LogP) is 2.34. The number of aromatic nitrogens is 2. The van der Waals surface area contributed by atoms with Crippen molar-refractivity contribution in [2.45, 2.75) is 25.9 Å². The highest BCUT2D eigenvalue weighted by molar-refractivity contribution is 6.33. The summed E-state index contributed by atoms with van der Waals surface area (Å²) in [7, 11) is 0. The van der Waals surface area contributed by atoms with Crippen molar-refractivity contribution in [3.05, 3.63) is 35.2 Å². The number of nitrogens with one attached hydrogen (secondary N) is 1. The minimum atomic E-state index is -1.07. The third kappa shape index (κ3) is 3.15. The zero-order chi connectivity index (χ0) is 14.8. The Labute approximate surface area is 120 Å². The van der Waals surface area contributed by atoms with Crippen molar-refractivity contribution in [2.24, 2.45) is 0 Å². The minimum Gasteiger partial charge on any atom is -0.480 e. The zero-order valence-corrected chi connectivity index (χ0v) is 11.8. The lowest BCUT2D eigenvalue weighted by molar-refractivity contribution is -0.143. The van der Waals surface area contributed by atoms with Crippen molar-refractivity contribution < 1.29 is 14.3 Å². The first kappa shape index (κ1) is 14.5. The number of nitrogens with zero attached hydrogens (tertiary/aromatic N) is 2. The number of carbonyl (C=O) groups is 1. The van der Waals surface area contributed by atoms with Gasteiger partial charge in [-0.05, 0) is 26.0 Å². The van der Waals surface area contributed by atoms with Crippen molar-refractivity contribution in [1.82, 2.24) is 15.5 Å². The summed E-state index contributed by atoms with van der Waals surface area (Å²) in [6.07, 6.45) is 0. The molecular formula is C13H14ClN3O3. The Balaban J connectivity index is 2.11. The number of hydrogen-bond acceptors (Lipinski definition) is 5. The first-order chi connectivity index (χ1) is 9.40. The van der Waals surface area contributed by atoms with E-state index in [4.69, 9.17) is 21.1 Å². The molecule has 0 bridgehead atoms. The first-order valence-electron chi connectivity index (χ1n) is 5.96. The molecule has 0 aliphatic carbocycles. The molecule has 2 N–H and O–H groups in total. The van der Waals surface area contributed by atoms with Crippen LogP contribution in [0.2, 0.25) is 5.02 Å². The molecular weight excluding hydrogens is 282 g/mol. The molecule has 0 saturated carbocycles. The van der Waals surface area contributed by atoms with Crippen molar-refractivity contribution in [3.63, 3.8) is 0 Å². The van der Waals surface area contributed by atoms with E-state index >= 15 is 0 Å². The Kier molecular flexibility index (Phi) is 4.06. The van der Waals surface area contributed by atoms with Gasteiger partial charge >= 0.3 is 5.97 Å². The van der Waals surface area contributed by atoms with Crippen LogP contribution in [-0.2, 0) is 11.3 Å². The summed E-state index contributed by atoms with van der Waals surface area (Å²) in [6.45, 7) is 3.28. The van der Waals surface area contributed by atoms with Crippen molar-refractivity contribution in [3.8, 4) is 11.5 Å². The molecule has 0 aliphatic rings. The maximum atomic E-state index is 11.0. The molecule has 0 spiro atoms. The summed E-state index contributed by atoms with van der Waals surface area (Å²) in [4.78, 5) is 11.0. The number of halogens is 1. The second kappa shape index (κ2) is 5.60. The van der Waals surface area contributed by atoms with Crippen LogP contribution in [0.15, 0.2) is 28.7 Å². The molecule has 2 aromatic rings. The highest BCUT2D eigenvalue weighted by atomic mass is 35.5. The molecule has 1 aromatic heterocycles. The smallest absolute Gasteiger partial charge is 0.323 e. The molecule has 20 heavy (non-hydrogen) atoms. The standard InChI is InChI=1S/C13H14ClN3O3/c1-13(2,12(18)19)15-7-10-16-17-11(20-10)8-5-3-4-6-9(8)14/h3-6,15H,7H2,1-2H3,(H,18,19). The van der Waals surface area contributed by atoms with Crippen molar-refractivity contribution in [2.75, 3.05) is 0 Å². The molecule has 0 fully saturated rings. The lowest BCUT2D eigenvalue weighted by Crippen LogP contribution is -2.46. The van der Waals surface area contributed by atoms with Gasteiger partial charge in [-0.3, -0.25) is 10.1 Å². The summed E-state index contributed by atoms with van der Waals surface area (Å²) >= 11 is 6.04. The van der Waals surface area contributed by atoms with E-state index in [2.05, 4.69) is 15.5 Å². The molecule has 6 nitrogen and oxygen atoms in total. The molecule has 1 aromatic carbocycles. The van der Waals surface area contributed by atoms with Crippen LogP contribution in [0.5, 0.6) is 0 Å². The van der Waals surface area contributed by atoms with E-state index in [0.29, 0.717) is 22.4 Å². The third-order valence-corrected chi connectivity index (χ3v) is 3.12.